The van der Waals surface area contributed by atoms with Crippen LogP contribution in [0.25, 0.3) is 0 Å². The zero-order valence-electron chi connectivity index (χ0n) is 20.0. The molecule has 188 valence electrons. The SMILES string of the molecule is Cc1ccc(C2CCCCC2)c(OC2(C(=O)NS(=O)(=O)c3cccc(N[C@H]4C[C@@H](O)C4)n3)CC2)c1. The number of nitrogens with one attached hydrogen (secondary N) is 2. The van der Waals surface area contributed by atoms with Crippen molar-refractivity contribution in [1.29, 1.82) is 0 Å². The molecule has 3 N–H and O–H groups in total. The summed E-state index contributed by atoms with van der Waals surface area (Å²) in [6.45, 7) is 1.98. The first-order valence-electron chi connectivity index (χ1n) is 12.5. The summed E-state index contributed by atoms with van der Waals surface area (Å²) in [5.41, 5.74) is 0.969. The molecule has 0 spiro atoms. The van der Waals surface area contributed by atoms with Crippen molar-refractivity contribution in [3.05, 3.63) is 47.5 Å². The van der Waals surface area contributed by atoms with E-state index in [0.717, 1.165) is 24.0 Å². The number of aromatic nitrogens is 1. The van der Waals surface area contributed by atoms with Gasteiger partial charge in [0, 0.05) is 18.9 Å². The third-order valence-corrected chi connectivity index (χ3v) is 8.56. The lowest BCUT2D eigenvalue weighted by Crippen LogP contribution is -2.43. The lowest BCUT2D eigenvalue weighted by atomic mass is 9.83. The molecule has 0 saturated heterocycles. The average molecular weight is 500 g/mol. The van der Waals surface area contributed by atoms with Crippen LogP contribution in [0.15, 0.2) is 41.4 Å². The van der Waals surface area contributed by atoms with Crippen molar-refractivity contribution in [2.75, 3.05) is 5.32 Å². The Balaban J connectivity index is 1.30. The monoisotopic (exact) mass is 499 g/mol. The van der Waals surface area contributed by atoms with Crippen molar-refractivity contribution in [3.8, 4) is 5.75 Å². The fourth-order valence-corrected chi connectivity index (χ4v) is 6.02. The van der Waals surface area contributed by atoms with Crippen molar-refractivity contribution in [2.45, 2.75) is 93.4 Å². The van der Waals surface area contributed by atoms with Crippen LogP contribution in [0.1, 0.15) is 74.8 Å². The van der Waals surface area contributed by atoms with Gasteiger partial charge in [0.1, 0.15) is 11.6 Å². The van der Waals surface area contributed by atoms with Gasteiger partial charge in [-0.15, -0.1) is 0 Å². The van der Waals surface area contributed by atoms with E-state index in [0.29, 0.717) is 43.2 Å². The van der Waals surface area contributed by atoms with Gasteiger partial charge >= 0.3 is 0 Å². The molecule has 2 aromatic rings. The van der Waals surface area contributed by atoms with Crippen LogP contribution in [-0.2, 0) is 14.8 Å². The molecule has 35 heavy (non-hydrogen) atoms. The Kier molecular flexibility index (Phi) is 6.48. The normalized spacial score (nSPS) is 23.7. The highest BCUT2D eigenvalue weighted by molar-refractivity contribution is 7.90. The molecule has 5 rings (SSSR count). The smallest absolute Gasteiger partial charge is 0.281 e. The van der Waals surface area contributed by atoms with Gasteiger partial charge in [0.25, 0.3) is 15.9 Å². The average Bonchev–Trinajstić information content (AvgIpc) is 3.59. The van der Waals surface area contributed by atoms with Gasteiger partial charge in [-0.05, 0) is 67.9 Å². The van der Waals surface area contributed by atoms with Crippen LogP contribution in [0.4, 0.5) is 5.82 Å². The fourth-order valence-electron chi connectivity index (χ4n) is 5.01. The van der Waals surface area contributed by atoms with E-state index in [4.69, 9.17) is 4.74 Å². The third-order valence-electron chi connectivity index (χ3n) is 7.33. The molecular weight excluding hydrogens is 466 g/mol. The van der Waals surface area contributed by atoms with Gasteiger partial charge in [0.15, 0.2) is 10.6 Å². The molecule has 8 nitrogen and oxygen atoms in total. The summed E-state index contributed by atoms with van der Waals surface area (Å²) < 4.78 is 34.5. The van der Waals surface area contributed by atoms with Gasteiger partial charge in [-0.1, -0.05) is 37.5 Å². The molecular formula is C26H33N3O5S. The number of aliphatic hydroxyl groups excluding tert-OH is 1. The van der Waals surface area contributed by atoms with E-state index in [2.05, 4.69) is 27.2 Å². The number of aryl methyl sites for hydroxylation is 1. The molecule has 0 aliphatic heterocycles. The Morgan fingerprint density at radius 1 is 1.11 bits per heavy atom. The molecule has 3 aliphatic rings. The summed E-state index contributed by atoms with van der Waals surface area (Å²) in [7, 11) is -4.17. The van der Waals surface area contributed by atoms with Crippen LogP contribution in [0, 0.1) is 6.92 Å². The van der Waals surface area contributed by atoms with Crippen LogP contribution in [-0.4, -0.2) is 42.2 Å². The maximum absolute atomic E-state index is 13.2. The number of aliphatic hydroxyl groups is 1. The molecule has 3 saturated carbocycles. The van der Waals surface area contributed by atoms with Crippen LogP contribution in [0.5, 0.6) is 5.75 Å². The number of anilines is 1. The minimum absolute atomic E-state index is 0.0564. The van der Waals surface area contributed by atoms with E-state index in [1.54, 1.807) is 12.1 Å². The summed E-state index contributed by atoms with van der Waals surface area (Å²) in [5, 5.41) is 12.3. The third kappa shape index (κ3) is 5.30. The molecule has 0 bridgehead atoms. The topological polar surface area (TPSA) is 118 Å². The predicted molar refractivity (Wildman–Crippen MR) is 132 cm³/mol. The summed E-state index contributed by atoms with van der Waals surface area (Å²) in [6.07, 6.45) is 7.60. The van der Waals surface area contributed by atoms with E-state index >= 15 is 0 Å². The molecule has 1 amide bonds. The molecule has 3 fully saturated rings. The zero-order valence-corrected chi connectivity index (χ0v) is 20.8. The standard InChI is InChI=1S/C26H33N3O5S/c1-17-10-11-21(18-6-3-2-4-7-18)22(14-17)34-26(12-13-26)25(31)29-35(32,33)24-9-5-8-23(28-24)27-19-15-20(30)16-19/h5,8-11,14,18-20,30H,2-4,6-7,12-13,15-16H2,1H3,(H,27,28)(H,29,31)/t19-,20+. The lowest BCUT2D eigenvalue weighted by Gasteiger charge is -2.32. The number of carbonyl (C=O) groups excluding carboxylic acids is 1. The molecule has 0 atom stereocenters. The largest absolute Gasteiger partial charge is 0.477 e. The lowest BCUT2D eigenvalue weighted by molar-refractivity contribution is -0.128. The van der Waals surface area contributed by atoms with E-state index in [9.17, 15) is 18.3 Å². The molecule has 0 radical (unpaired) electrons. The molecule has 0 unspecified atom stereocenters. The first-order chi connectivity index (χ1) is 16.7. The summed E-state index contributed by atoms with van der Waals surface area (Å²) >= 11 is 0. The van der Waals surface area contributed by atoms with Gasteiger partial charge in [-0.25, -0.2) is 9.71 Å². The Labute approximate surface area is 206 Å². The number of carbonyl (C=O) groups is 1. The van der Waals surface area contributed by atoms with Gasteiger partial charge in [0.2, 0.25) is 0 Å². The maximum Gasteiger partial charge on any atom is 0.281 e. The number of pyridine rings is 1. The van der Waals surface area contributed by atoms with Crippen molar-refractivity contribution >= 4 is 21.7 Å². The van der Waals surface area contributed by atoms with E-state index in [1.807, 2.05) is 13.0 Å². The van der Waals surface area contributed by atoms with Gasteiger partial charge in [0.05, 0.1) is 6.10 Å². The highest BCUT2D eigenvalue weighted by Crippen LogP contribution is 2.45. The van der Waals surface area contributed by atoms with Gasteiger partial charge < -0.3 is 15.2 Å². The number of amides is 1. The Hall–Kier alpha value is -2.65. The van der Waals surface area contributed by atoms with E-state index < -0.39 is 21.5 Å². The van der Waals surface area contributed by atoms with Crippen LogP contribution < -0.4 is 14.8 Å². The van der Waals surface area contributed by atoms with Crippen molar-refractivity contribution < 1.29 is 23.1 Å². The van der Waals surface area contributed by atoms with Crippen LogP contribution >= 0.6 is 0 Å². The fraction of sp³-hybridized carbons (Fsp3) is 0.538. The molecule has 1 aromatic carbocycles. The van der Waals surface area contributed by atoms with Crippen molar-refractivity contribution in [2.24, 2.45) is 0 Å². The highest BCUT2D eigenvalue weighted by Gasteiger charge is 2.54. The first kappa shape index (κ1) is 24.1. The number of hydrogen-bond acceptors (Lipinski definition) is 7. The summed E-state index contributed by atoms with van der Waals surface area (Å²) in [5.74, 6) is 0.828. The van der Waals surface area contributed by atoms with Crippen LogP contribution in [0.2, 0.25) is 0 Å². The second-order valence-corrected chi connectivity index (χ2v) is 11.9. The van der Waals surface area contributed by atoms with Gasteiger partial charge in [-0.3, -0.25) is 4.79 Å². The second kappa shape index (κ2) is 9.43. The zero-order chi connectivity index (χ0) is 24.6. The molecule has 1 aromatic heterocycles. The maximum atomic E-state index is 13.2. The molecule has 1 heterocycles. The Morgan fingerprint density at radius 2 is 1.86 bits per heavy atom. The van der Waals surface area contributed by atoms with E-state index in [1.165, 1.54) is 25.3 Å². The van der Waals surface area contributed by atoms with Gasteiger partial charge in [-0.2, -0.15) is 8.42 Å². The number of benzene rings is 1. The number of nitrogens with zero attached hydrogens (tertiary/aromatic N) is 1. The minimum atomic E-state index is -4.17. The number of ether oxygens (including phenoxy) is 1. The van der Waals surface area contributed by atoms with Crippen molar-refractivity contribution in [1.82, 2.24) is 9.71 Å². The number of rotatable bonds is 8. The quantitative estimate of drug-likeness (QED) is 0.506. The second-order valence-electron chi connectivity index (χ2n) is 10.2. The van der Waals surface area contributed by atoms with Crippen LogP contribution in [0.3, 0.4) is 0 Å². The minimum Gasteiger partial charge on any atom is -0.477 e. The predicted octanol–water partition coefficient (Wildman–Crippen LogP) is 3.79. The first-order valence-corrected chi connectivity index (χ1v) is 14.0. The Morgan fingerprint density at radius 3 is 2.54 bits per heavy atom. The number of sulfonamides is 1. The van der Waals surface area contributed by atoms with E-state index in [-0.39, 0.29) is 17.2 Å². The Bertz CT molecular complexity index is 1200. The summed E-state index contributed by atoms with van der Waals surface area (Å²) in [6, 6.07) is 10.8. The highest BCUT2D eigenvalue weighted by atomic mass is 32.2. The summed E-state index contributed by atoms with van der Waals surface area (Å²) in [4.78, 5) is 17.3. The molecule has 3 aliphatic carbocycles. The number of hydrogen-bond donors (Lipinski definition) is 3. The molecule has 9 heteroatoms. The van der Waals surface area contributed by atoms with Crippen molar-refractivity contribution in [3.63, 3.8) is 0 Å².